The van der Waals surface area contributed by atoms with E-state index in [0.717, 1.165) is 29.1 Å². The summed E-state index contributed by atoms with van der Waals surface area (Å²) in [5.74, 6) is 0.791. The molecule has 5 nitrogen and oxygen atoms in total. The maximum Gasteiger partial charge on any atom is 0.251 e. The summed E-state index contributed by atoms with van der Waals surface area (Å²) in [4.78, 5) is 16.7. The minimum Gasteiger partial charge on any atom is -0.352 e. The van der Waals surface area contributed by atoms with E-state index in [1.165, 1.54) is 5.56 Å². The first-order valence-electron chi connectivity index (χ1n) is 9.85. The average Bonchev–Trinajstić information content (AvgIpc) is 3.11. The number of aromatic nitrogens is 2. The second-order valence-electron chi connectivity index (χ2n) is 6.91. The van der Waals surface area contributed by atoms with Crippen LogP contribution >= 0.6 is 0 Å². The van der Waals surface area contributed by atoms with Gasteiger partial charge < -0.3 is 15.2 Å². The number of imidazole rings is 1. The predicted molar refractivity (Wildman–Crippen MR) is 117 cm³/mol. The fraction of sp³-hybridized carbons (Fsp3) is 0.167. The smallest absolute Gasteiger partial charge is 0.251 e. The van der Waals surface area contributed by atoms with E-state index in [2.05, 4.69) is 45.5 Å². The summed E-state index contributed by atoms with van der Waals surface area (Å²) in [5, 5.41) is 6.28. The van der Waals surface area contributed by atoms with Crippen LogP contribution in [-0.2, 0) is 13.1 Å². The average molecular weight is 384 g/mol. The van der Waals surface area contributed by atoms with Crippen LogP contribution in [0.3, 0.4) is 0 Å². The van der Waals surface area contributed by atoms with Crippen LogP contribution in [0, 0.1) is 0 Å². The molecule has 0 spiro atoms. The van der Waals surface area contributed by atoms with E-state index < -0.39 is 0 Å². The van der Waals surface area contributed by atoms with Crippen molar-refractivity contribution in [1.82, 2.24) is 14.9 Å². The van der Waals surface area contributed by atoms with Gasteiger partial charge in [0.15, 0.2) is 0 Å². The number of para-hydroxylation sites is 2. The summed E-state index contributed by atoms with van der Waals surface area (Å²) in [6.07, 6.45) is 0. The zero-order valence-corrected chi connectivity index (χ0v) is 16.4. The van der Waals surface area contributed by atoms with E-state index in [1.54, 1.807) is 0 Å². The third-order valence-electron chi connectivity index (χ3n) is 4.84. The van der Waals surface area contributed by atoms with Gasteiger partial charge in [-0.1, -0.05) is 54.6 Å². The Morgan fingerprint density at radius 1 is 0.897 bits per heavy atom. The third kappa shape index (κ3) is 4.29. The minimum absolute atomic E-state index is 0.0448. The maximum atomic E-state index is 11.9. The first-order chi connectivity index (χ1) is 14.2. The monoisotopic (exact) mass is 384 g/mol. The van der Waals surface area contributed by atoms with E-state index in [-0.39, 0.29) is 5.91 Å². The number of anilines is 1. The van der Waals surface area contributed by atoms with Crippen molar-refractivity contribution in [3.63, 3.8) is 0 Å². The van der Waals surface area contributed by atoms with Crippen LogP contribution in [0.15, 0.2) is 78.9 Å². The Hall–Kier alpha value is -3.60. The molecule has 3 aromatic carbocycles. The number of hydrogen-bond donors (Lipinski definition) is 2. The number of carbonyl (C=O) groups is 1. The van der Waals surface area contributed by atoms with E-state index >= 15 is 0 Å². The Morgan fingerprint density at radius 3 is 2.38 bits per heavy atom. The first-order valence-corrected chi connectivity index (χ1v) is 9.85. The molecule has 0 aliphatic carbocycles. The molecule has 0 bridgehead atoms. The lowest BCUT2D eigenvalue weighted by atomic mass is 10.1. The number of hydrogen-bond acceptors (Lipinski definition) is 3. The molecule has 4 rings (SSSR count). The zero-order valence-electron chi connectivity index (χ0n) is 16.4. The van der Waals surface area contributed by atoms with Crippen LogP contribution in [0.5, 0.6) is 0 Å². The number of amides is 1. The highest BCUT2D eigenvalue weighted by molar-refractivity contribution is 5.94. The largest absolute Gasteiger partial charge is 0.352 e. The summed E-state index contributed by atoms with van der Waals surface area (Å²) >= 11 is 0. The van der Waals surface area contributed by atoms with Gasteiger partial charge in [-0.05, 0) is 42.3 Å². The number of nitrogens with one attached hydrogen (secondary N) is 2. The van der Waals surface area contributed by atoms with Crippen molar-refractivity contribution >= 4 is 22.9 Å². The predicted octanol–water partition coefficient (Wildman–Crippen LogP) is 4.45. The summed E-state index contributed by atoms with van der Waals surface area (Å²) in [5.41, 5.74) is 5.07. The highest BCUT2D eigenvalue weighted by Crippen LogP contribution is 2.22. The minimum atomic E-state index is -0.0448. The molecule has 0 fully saturated rings. The van der Waals surface area contributed by atoms with Gasteiger partial charge in [0.1, 0.15) is 0 Å². The van der Waals surface area contributed by atoms with E-state index in [4.69, 9.17) is 4.98 Å². The van der Waals surface area contributed by atoms with Crippen molar-refractivity contribution < 1.29 is 4.79 Å². The Morgan fingerprint density at radius 2 is 1.62 bits per heavy atom. The molecule has 0 saturated heterocycles. The molecule has 0 saturated carbocycles. The standard InChI is InChI=1S/C24H24N4O/c1-2-25-23(29)20-14-12-18(13-15-20)16-26-24-27-21-10-6-7-11-22(21)28(24)17-19-8-4-3-5-9-19/h3-15H,2,16-17H2,1H3,(H,25,29)(H,26,27). The summed E-state index contributed by atoms with van der Waals surface area (Å²) in [6, 6.07) is 26.2. The Labute approximate surface area is 170 Å². The maximum absolute atomic E-state index is 11.9. The lowest BCUT2D eigenvalue weighted by molar-refractivity contribution is 0.0956. The van der Waals surface area contributed by atoms with Gasteiger partial charge in [0.05, 0.1) is 17.6 Å². The van der Waals surface area contributed by atoms with Gasteiger partial charge in [0.25, 0.3) is 5.91 Å². The number of rotatable bonds is 7. The van der Waals surface area contributed by atoms with Crippen LogP contribution in [-0.4, -0.2) is 22.0 Å². The highest BCUT2D eigenvalue weighted by Gasteiger charge is 2.11. The van der Waals surface area contributed by atoms with Crippen LogP contribution < -0.4 is 10.6 Å². The molecule has 0 atom stereocenters. The molecule has 0 unspecified atom stereocenters. The lowest BCUT2D eigenvalue weighted by Crippen LogP contribution is -2.22. The molecular formula is C24H24N4O. The van der Waals surface area contributed by atoms with E-state index in [0.29, 0.717) is 18.7 Å². The van der Waals surface area contributed by atoms with Crippen molar-refractivity contribution in [1.29, 1.82) is 0 Å². The fourth-order valence-corrected chi connectivity index (χ4v) is 3.35. The summed E-state index contributed by atoms with van der Waals surface area (Å²) in [6.45, 7) is 3.92. The quantitative estimate of drug-likeness (QED) is 0.495. The zero-order chi connectivity index (χ0) is 20.1. The first kappa shape index (κ1) is 18.7. The summed E-state index contributed by atoms with van der Waals surface area (Å²) in [7, 11) is 0. The van der Waals surface area contributed by atoms with Gasteiger partial charge in [0, 0.05) is 18.7 Å². The molecule has 1 aromatic heterocycles. The Kier molecular flexibility index (Phi) is 5.56. The van der Waals surface area contributed by atoms with Crippen LogP contribution in [0.25, 0.3) is 11.0 Å². The van der Waals surface area contributed by atoms with Crippen molar-refractivity contribution in [2.24, 2.45) is 0 Å². The number of carbonyl (C=O) groups excluding carboxylic acids is 1. The van der Waals surface area contributed by atoms with Crippen LogP contribution in [0.2, 0.25) is 0 Å². The molecule has 5 heteroatoms. The van der Waals surface area contributed by atoms with Crippen molar-refractivity contribution in [3.8, 4) is 0 Å². The lowest BCUT2D eigenvalue weighted by Gasteiger charge is -2.11. The molecule has 2 N–H and O–H groups in total. The van der Waals surface area contributed by atoms with Crippen LogP contribution in [0.4, 0.5) is 5.95 Å². The van der Waals surface area contributed by atoms with Crippen molar-refractivity contribution in [2.45, 2.75) is 20.0 Å². The molecule has 4 aromatic rings. The van der Waals surface area contributed by atoms with E-state index in [9.17, 15) is 4.79 Å². The van der Waals surface area contributed by atoms with Crippen molar-refractivity contribution in [2.75, 3.05) is 11.9 Å². The second kappa shape index (κ2) is 8.61. The molecule has 0 aliphatic rings. The van der Waals surface area contributed by atoms with Gasteiger partial charge in [-0.25, -0.2) is 4.98 Å². The van der Waals surface area contributed by atoms with Gasteiger partial charge >= 0.3 is 0 Å². The highest BCUT2D eigenvalue weighted by atomic mass is 16.1. The van der Waals surface area contributed by atoms with Gasteiger partial charge in [-0.15, -0.1) is 0 Å². The molecule has 146 valence electrons. The Balaban J connectivity index is 1.55. The topological polar surface area (TPSA) is 59.0 Å². The summed E-state index contributed by atoms with van der Waals surface area (Å²) < 4.78 is 2.20. The Bertz CT molecular complexity index is 1100. The molecule has 0 radical (unpaired) electrons. The molecule has 1 amide bonds. The molecule has 29 heavy (non-hydrogen) atoms. The number of benzene rings is 3. The fourth-order valence-electron chi connectivity index (χ4n) is 3.35. The SMILES string of the molecule is CCNC(=O)c1ccc(CNc2nc3ccccc3n2Cc2ccccc2)cc1. The van der Waals surface area contributed by atoms with Gasteiger partial charge in [-0.2, -0.15) is 0 Å². The van der Waals surface area contributed by atoms with Gasteiger partial charge in [-0.3, -0.25) is 4.79 Å². The molecular weight excluding hydrogens is 360 g/mol. The number of fused-ring (bicyclic) bond motifs is 1. The third-order valence-corrected chi connectivity index (χ3v) is 4.84. The van der Waals surface area contributed by atoms with Gasteiger partial charge in [0.2, 0.25) is 5.95 Å². The second-order valence-corrected chi connectivity index (χ2v) is 6.91. The van der Waals surface area contributed by atoms with E-state index in [1.807, 2.05) is 55.5 Å². The number of nitrogens with zero attached hydrogens (tertiary/aromatic N) is 2. The molecule has 1 heterocycles. The molecule has 0 aliphatic heterocycles. The van der Waals surface area contributed by atoms with Crippen molar-refractivity contribution in [3.05, 3.63) is 95.6 Å². The normalized spacial score (nSPS) is 10.8. The van der Waals surface area contributed by atoms with Crippen LogP contribution in [0.1, 0.15) is 28.4 Å².